The third-order valence-electron chi connectivity index (χ3n) is 6.04. The van der Waals surface area contributed by atoms with Gasteiger partial charge in [0.15, 0.2) is 0 Å². The van der Waals surface area contributed by atoms with Gasteiger partial charge < -0.3 is 19.6 Å². The minimum absolute atomic E-state index is 0.115. The molecule has 6 heteroatoms. The van der Waals surface area contributed by atoms with E-state index < -0.39 is 17.7 Å². The first-order valence-corrected chi connectivity index (χ1v) is 11.7. The number of aliphatic hydroxyl groups is 1. The van der Waals surface area contributed by atoms with Gasteiger partial charge in [-0.1, -0.05) is 60.7 Å². The Labute approximate surface area is 206 Å². The second-order valence-corrected chi connectivity index (χ2v) is 8.86. The lowest BCUT2D eigenvalue weighted by Crippen LogP contribution is -2.32. The van der Waals surface area contributed by atoms with Crippen molar-refractivity contribution < 1.29 is 19.4 Å². The Morgan fingerprint density at radius 2 is 1.54 bits per heavy atom. The molecule has 1 heterocycles. The maximum absolute atomic E-state index is 13.1. The highest BCUT2D eigenvalue weighted by atomic mass is 16.5. The molecule has 1 saturated heterocycles. The van der Waals surface area contributed by atoms with E-state index in [2.05, 4.69) is 0 Å². The molecule has 0 radical (unpaired) electrons. The van der Waals surface area contributed by atoms with Crippen LogP contribution in [0.1, 0.15) is 29.2 Å². The first-order chi connectivity index (χ1) is 17.0. The Kier molecular flexibility index (Phi) is 7.63. The van der Waals surface area contributed by atoms with Gasteiger partial charge in [0.05, 0.1) is 11.6 Å². The van der Waals surface area contributed by atoms with Crippen LogP contribution in [0.25, 0.3) is 5.76 Å². The molecule has 1 aliphatic heterocycles. The molecule has 6 nitrogen and oxygen atoms in total. The van der Waals surface area contributed by atoms with Gasteiger partial charge in [-0.3, -0.25) is 9.59 Å². The van der Waals surface area contributed by atoms with Crippen LogP contribution < -0.4 is 4.74 Å². The summed E-state index contributed by atoms with van der Waals surface area (Å²) in [6.07, 6.45) is 0.719. The van der Waals surface area contributed by atoms with Gasteiger partial charge in [0.2, 0.25) is 0 Å². The molecule has 0 saturated carbocycles. The van der Waals surface area contributed by atoms with E-state index in [0.717, 1.165) is 24.1 Å². The van der Waals surface area contributed by atoms with Gasteiger partial charge in [-0.25, -0.2) is 0 Å². The third-order valence-corrected chi connectivity index (χ3v) is 6.04. The number of hydrogen-bond acceptors (Lipinski definition) is 5. The van der Waals surface area contributed by atoms with E-state index >= 15 is 0 Å². The molecule has 1 atom stereocenters. The van der Waals surface area contributed by atoms with Gasteiger partial charge >= 0.3 is 0 Å². The number of carbonyl (C=O) groups is 2. The van der Waals surface area contributed by atoms with Crippen LogP contribution in [0.3, 0.4) is 0 Å². The van der Waals surface area contributed by atoms with E-state index in [4.69, 9.17) is 4.74 Å². The van der Waals surface area contributed by atoms with Gasteiger partial charge in [0, 0.05) is 12.1 Å². The molecule has 0 aliphatic carbocycles. The van der Waals surface area contributed by atoms with E-state index in [1.54, 1.807) is 29.2 Å². The highest BCUT2D eigenvalue weighted by Crippen LogP contribution is 2.39. The molecule has 35 heavy (non-hydrogen) atoms. The number of nitrogens with zero attached hydrogens (tertiary/aromatic N) is 2. The number of carbonyl (C=O) groups excluding carboxylic acids is 2. The number of ketones is 1. The predicted octanol–water partition coefficient (Wildman–Crippen LogP) is 4.64. The summed E-state index contributed by atoms with van der Waals surface area (Å²) in [5, 5.41) is 11.2. The number of ether oxygens (including phenoxy) is 1. The van der Waals surface area contributed by atoms with Crippen molar-refractivity contribution in [3.63, 3.8) is 0 Å². The summed E-state index contributed by atoms with van der Waals surface area (Å²) in [6.45, 7) is 1.64. The topological polar surface area (TPSA) is 70.1 Å². The molecule has 3 aromatic rings. The van der Waals surface area contributed by atoms with Crippen molar-refractivity contribution in [2.75, 3.05) is 27.2 Å². The second kappa shape index (κ2) is 11.0. The number of aliphatic hydroxyl groups excluding tert-OH is 1. The summed E-state index contributed by atoms with van der Waals surface area (Å²) in [7, 11) is 3.94. The van der Waals surface area contributed by atoms with Crippen molar-refractivity contribution in [3.8, 4) is 5.75 Å². The molecule has 3 aromatic carbocycles. The van der Waals surface area contributed by atoms with Crippen LogP contribution in [-0.2, 0) is 16.2 Å². The van der Waals surface area contributed by atoms with Crippen molar-refractivity contribution in [2.24, 2.45) is 0 Å². The van der Waals surface area contributed by atoms with Crippen LogP contribution >= 0.6 is 0 Å². The van der Waals surface area contributed by atoms with Gasteiger partial charge in [-0.15, -0.1) is 0 Å². The Morgan fingerprint density at radius 3 is 2.17 bits per heavy atom. The minimum Gasteiger partial charge on any atom is -0.507 e. The molecule has 0 aromatic heterocycles. The Hall–Kier alpha value is -3.90. The number of rotatable bonds is 9. The number of amides is 1. The van der Waals surface area contributed by atoms with Gasteiger partial charge in [-0.05, 0) is 62.5 Å². The maximum atomic E-state index is 13.1. The Balaban J connectivity index is 1.61. The molecule has 4 rings (SSSR count). The molecule has 0 unspecified atom stereocenters. The van der Waals surface area contributed by atoms with Crippen molar-refractivity contribution in [3.05, 3.63) is 107 Å². The zero-order valence-corrected chi connectivity index (χ0v) is 20.1. The Morgan fingerprint density at radius 1 is 0.914 bits per heavy atom. The summed E-state index contributed by atoms with van der Waals surface area (Å²) in [5.74, 6) is -0.774. The second-order valence-electron chi connectivity index (χ2n) is 8.86. The number of benzene rings is 3. The molecule has 1 aliphatic rings. The minimum atomic E-state index is -0.661. The summed E-state index contributed by atoms with van der Waals surface area (Å²) in [5.41, 5.74) is 2.42. The van der Waals surface area contributed by atoms with Gasteiger partial charge in [-0.2, -0.15) is 0 Å². The van der Waals surface area contributed by atoms with Crippen LogP contribution in [0.15, 0.2) is 90.5 Å². The van der Waals surface area contributed by atoms with Crippen LogP contribution in [0.4, 0.5) is 0 Å². The molecular formula is C29H30N2O4. The first-order valence-electron chi connectivity index (χ1n) is 11.7. The Bertz CT molecular complexity index is 1190. The largest absolute Gasteiger partial charge is 0.507 e. The molecular weight excluding hydrogens is 440 g/mol. The smallest absolute Gasteiger partial charge is 0.295 e. The quantitative estimate of drug-likeness (QED) is 0.280. The number of likely N-dealkylation sites (tertiary alicyclic amines) is 1. The molecule has 1 fully saturated rings. The van der Waals surface area contributed by atoms with E-state index in [-0.39, 0.29) is 11.3 Å². The average Bonchev–Trinajstić information content (AvgIpc) is 3.13. The van der Waals surface area contributed by atoms with E-state index in [1.807, 2.05) is 79.7 Å². The van der Waals surface area contributed by atoms with Crippen molar-refractivity contribution in [1.82, 2.24) is 9.80 Å². The summed E-state index contributed by atoms with van der Waals surface area (Å²) < 4.78 is 5.83. The highest BCUT2D eigenvalue weighted by Gasteiger charge is 2.45. The molecule has 1 N–H and O–H groups in total. The van der Waals surface area contributed by atoms with Crippen LogP contribution in [0.5, 0.6) is 5.75 Å². The fraction of sp³-hybridized carbons (Fsp3) is 0.241. The van der Waals surface area contributed by atoms with E-state index in [0.29, 0.717) is 24.5 Å². The average molecular weight is 471 g/mol. The highest BCUT2D eigenvalue weighted by molar-refractivity contribution is 6.46. The lowest BCUT2D eigenvalue weighted by atomic mass is 9.95. The third kappa shape index (κ3) is 5.61. The van der Waals surface area contributed by atoms with Gasteiger partial charge in [0.1, 0.15) is 18.1 Å². The van der Waals surface area contributed by atoms with Crippen molar-refractivity contribution in [1.29, 1.82) is 0 Å². The summed E-state index contributed by atoms with van der Waals surface area (Å²) in [6, 6.07) is 25.5. The molecule has 180 valence electrons. The SMILES string of the molecule is CN(C)CCCN1C(=O)C(=O)C(=C(O)c2ccc(OCc3ccccc3)cc2)[C@H]1c1ccccc1. The standard InChI is InChI=1S/C29H30N2O4/c1-30(2)18-9-19-31-26(22-12-7-4-8-13-22)25(28(33)29(31)34)27(32)23-14-16-24(17-15-23)35-20-21-10-5-3-6-11-21/h3-8,10-17,26,32H,9,18-20H2,1-2H3/t26-/m1/s1. The summed E-state index contributed by atoms with van der Waals surface area (Å²) in [4.78, 5) is 29.7. The van der Waals surface area contributed by atoms with Crippen molar-refractivity contribution >= 4 is 17.4 Å². The molecule has 0 spiro atoms. The molecule has 0 bridgehead atoms. The number of Topliss-reactive ketones (excluding diaryl/α,β-unsaturated/α-hetero) is 1. The lowest BCUT2D eigenvalue weighted by molar-refractivity contribution is -0.139. The normalized spacial score (nSPS) is 17.2. The van der Waals surface area contributed by atoms with Crippen molar-refractivity contribution in [2.45, 2.75) is 19.1 Å². The monoisotopic (exact) mass is 470 g/mol. The molecule has 1 amide bonds. The van der Waals surface area contributed by atoms with Crippen LogP contribution in [0, 0.1) is 0 Å². The zero-order valence-electron chi connectivity index (χ0n) is 20.1. The van der Waals surface area contributed by atoms with Crippen LogP contribution in [-0.4, -0.2) is 53.8 Å². The van der Waals surface area contributed by atoms with E-state index in [9.17, 15) is 14.7 Å². The number of hydrogen-bond donors (Lipinski definition) is 1. The zero-order chi connectivity index (χ0) is 24.8. The summed E-state index contributed by atoms with van der Waals surface area (Å²) >= 11 is 0. The fourth-order valence-corrected chi connectivity index (χ4v) is 4.26. The fourth-order valence-electron chi connectivity index (χ4n) is 4.26. The van der Waals surface area contributed by atoms with E-state index in [1.165, 1.54) is 0 Å². The predicted molar refractivity (Wildman–Crippen MR) is 136 cm³/mol. The van der Waals surface area contributed by atoms with Crippen LogP contribution in [0.2, 0.25) is 0 Å². The lowest BCUT2D eigenvalue weighted by Gasteiger charge is -2.26. The maximum Gasteiger partial charge on any atom is 0.295 e. The van der Waals surface area contributed by atoms with Gasteiger partial charge in [0.25, 0.3) is 11.7 Å². The first kappa shape index (κ1) is 24.2.